The van der Waals surface area contributed by atoms with E-state index in [0.717, 1.165) is 35.6 Å². The van der Waals surface area contributed by atoms with E-state index in [4.69, 9.17) is 16.0 Å². The summed E-state index contributed by atoms with van der Waals surface area (Å²) in [4.78, 5) is 18.0. The van der Waals surface area contributed by atoms with Crippen molar-refractivity contribution >= 4 is 17.3 Å². The molecule has 0 unspecified atom stereocenters. The summed E-state index contributed by atoms with van der Waals surface area (Å²) in [5.41, 5.74) is 2.43. The Morgan fingerprint density at radius 1 is 1.10 bits per heavy atom. The minimum atomic E-state index is 0.0695. The maximum Gasteiger partial charge on any atom is 0.227 e. The van der Waals surface area contributed by atoms with E-state index >= 15 is 0 Å². The molecule has 1 aliphatic carbocycles. The topological polar surface area (TPSA) is 43.1 Å². The molecular formula is C25H28N2O3. The van der Waals surface area contributed by atoms with Gasteiger partial charge in [0, 0.05) is 24.6 Å². The molecule has 4 rings (SSSR count). The summed E-state index contributed by atoms with van der Waals surface area (Å²) in [5.74, 6) is 1.73. The van der Waals surface area contributed by atoms with Gasteiger partial charge in [0.25, 0.3) is 0 Å². The summed E-state index contributed by atoms with van der Waals surface area (Å²) >= 11 is 0. The molecule has 2 aromatic carbocycles. The number of carbonyl (C=O) groups excluding carboxylic acids is 1. The Morgan fingerprint density at radius 3 is 2.63 bits per heavy atom. The first-order chi connectivity index (χ1) is 14.5. The van der Waals surface area contributed by atoms with E-state index in [1.807, 2.05) is 32.0 Å². The average Bonchev–Trinajstić information content (AvgIpc) is 3.38. The van der Waals surface area contributed by atoms with Gasteiger partial charge in [0.2, 0.25) is 5.91 Å². The van der Waals surface area contributed by atoms with Crippen LogP contribution in [0, 0.1) is 6.57 Å². The lowest BCUT2D eigenvalue weighted by Gasteiger charge is -2.21. The molecule has 1 aliphatic heterocycles. The van der Waals surface area contributed by atoms with Gasteiger partial charge in [0.15, 0.2) is 17.2 Å². The third-order valence-corrected chi connectivity index (χ3v) is 5.79. The molecule has 1 amide bonds. The van der Waals surface area contributed by atoms with Crippen LogP contribution in [0.25, 0.3) is 4.85 Å². The Morgan fingerprint density at radius 2 is 1.90 bits per heavy atom. The van der Waals surface area contributed by atoms with Gasteiger partial charge in [-0.2, -0.15) is 0 Å². The molecule has 0 spiro atoms. The molecule has 0 bridgehead atoms. The van der Waals surface area contributed by atoms with Crippen LogP contribution < -0.4 is 14.4 Å². The second-order valence-electron chi connectivity index (χ2n) is 8.43. The van der Waals surface area contributed by atoms with Crippen molar-refractivity contribution in [1.82, 2.24) is 0 Å². The van der Waals surface area contributed by atoms with E-state index in [2.05, 4.69) is 17.0 Å². The highest BCUT2D eigenvalue weighted by molar-refractivity contribution is 5.97. The molecular weight excluding hydrogens is 376 g/mol. The first-order valence-corrected chi connectivity index (χ1v) is 10.8. The number of nitrogens with zero attached hydrogens (tertiary/aromatic N) is 2. The van der Waals surface area contributed by atoms with Gasteiger partial charge in [-0.3, -0.25) is 4.79 Å². The normalized spacial score (nSPS) is 19.3. The highest BCUT2D eigenvalue weighted by atomic mass is 16.5. The summed E-state index contributed by atoms with van der Waals surface area (Å²) in [5, 5.41) is 0. The van der Waals surface area contributed by atoms with Crippen molar-refractivity contribution in [3.05, 3.63) is 59.4 Å². The highest BCUT2D eigenvalue weighted by Crippen LogP contribution is 2.39. The summed E-state index contributed by atoms with van der Waals surface area (Å²) in [6.07, 6.45) is 5.35. The van der Waals surface area contributed by atoms with Crippen molar-refractivity contribution < 1.29 is 14.3 Å². The smallest absolute Gasteiger partial charge is 0.227 e. The maximum atomic E-state index is 12.7. The molecule has 5 nitrogen and oxygen atoms in total. The number of hydrogen-bond acceptors (Lipinski definition) is 3. The number of rotatable bonds is 6. The zero-order valence-electron chi connectivity index (χ0n) is 17.6. The van der Waals surface area contributed by atoms with Crippen LogP contribution in [-0.2, 0) is 4.79 Å². The fourth-order valence-electron chi connectivity index (χ4n) is 4.32. The number of benzene rings is 2. The first-order valence-electron chi connectivity index (χ1n) is 10.8. The zero-order valence-corrected chi connectivity index (χ0v) is 17.6. The maximum absolute atomic E-state index is 12.7. The Kier molecular flexibility index (Phi) is 5.94. The molecule has 0 aromatic heterocycles. The van der Waals surface area contributed by atoms with Gasteiger partial charge in [-0.05, 0) is 69.4 Å². The van der Waals surface area contributed by atoms with Crippen LogP contribution >= 0.6 is 0 Å². The SMILES string of the molecule is [C-]#[N+]c1cccc(N2C[C@H](c3ccc(OC(C)C)c(OC4CCCC4)c3)CC2=O)c1. The van der Waals surface area contributed by atoms with Gasteiger partial charge in [0.05, 0.1) is 18.8 Å². The molecule has 30 heavy (non-hydrogen) atoms. The predicted octanol–water partition coefficient (Wildman–Crippen LogP) is 5.87. The Balaban J connectivity index is 1.57. The van der Waals surface area contributed by atoms with E-state index in [-0.39, 0.29) is 24.0 Å². The standard InChI is InChI=1S/C25H28N2O3/c1-17(2)29-23-12-11-18(13-24(23)30-22-9-4-5-10-22)19-14-25(28)27(16-19)21-8-6-7-20(15-21)26-3/h6-8,11-13,15,17,19,22H,4-5,9-10,14,16H2,1-2H3/t19-/m1/s1. The number of hydrogen-bond donors (Lipinski definition) is 0. The van der Waals surface area contributed by atoms with Crippen molar-refractivity contribution in [2.75, 3.05) is 11.4 Å². The van der Waals surface area contributed by atoms with E-state index in [1.165, 1.54) is 12.8 Å². The predicted molar refractivity (Wildman–Crippen MR) is 118 cm³/mol. The van der Waals surface area contributed by atoms with Crippen molar-refractivity contribution in [1.29, 1.82) is 0 Å². The average molecular weight is 405 g/mol. The zero-order chi connectivity index (χ0) is 21.1. The van der Waals surface area contributed by atoms with Crippen molar-refractivity contribution in [2.24, 2.45) is 0 Å². The van der Waals surface area contributed by atoms with Crippen LogP contribution in [0.2, 0.25) is 0 Å². The molecule has 0 radical (unpaired) electrons. The molecule has 0 N–H and O–H groups in total. The van der Waals surface area contributed by atoms with E-state index < -0.39 is 0 Å². The molecule has 2 aromatic rings. The molecule has 5 heteroatoms. The third-order valence-electron chi connectivity index (χ3n) is 5.79. The number of carbonyl (C=O) groups is 1. The number of amides is 1. The first kappa shape index (κ1) is 20.3. The van der Waals surface area contributed by atoms with Crippen LogP contribution in [0.3, 0.4) is 0 Å². The van der Waals surface area contributed by atoms with Gasteiger partial charge in [-0.15, -0.1) is 0 Å². The van der Waals surface area contributed by atoms with Crippen LogP contribution in [0.1, 0.15) is 57.4 Å². The van der Waals surface area contributed by atoms with Crippen molar-refractivity contribution in [3.63, 3.8) is 0 Å². The molecule has 156 valence electrons. The molecule has 1 saturated carbocycles. The van der Waals surface area contributed by atoms with Crippen LogP contribution in [0.15, 0.2) is 42.5 Å². The van der Waals surface area contributed by atoms with Gasteiger partial charge >= 0.3 is 0 Å². The Bertz CT molecular complexity index is 957. The van der Waals surface area contributed by atoms with Gasteiger partial charge in [0.1, 0.15) is 0 Å². The number of ether oxygens (including phenoxy) is 2. The largest absolute Gasteiger partial charge is 0.487 e. The van der Waals surface area contributed by atoms with Gasteiger partial charge in [-0.1, -0.05) is 18.2 Å². The van der Waals surface area contributed by atoms with Crippen molar-refractivity contribution in [2.45, 2.75) is 64.1 Å². The lowest BCUT2D eigenvalue weighted by atomic mass is 9.98. The van der Waals surface area contributed by atoms with E-state index in [0.29, 0.717) is 18.7 Å². The molecule has 1 saturated heterocycles. The van der Waals surface area contributed by atoms with Crippen LogP contribution in [0.4, 0.5) is 11.4 Å². The van der Waals surface area contributed by atoms with Gasteiger partial charge < -0.3 is 14.4 Å². The molecule has 2 fully saturated rings. The van der Waals surface area contributed by atoms with E-state index in [9.17, 15) is 4.79 Å². The Hall–Kier alpha value is -3.00. The quantitative estimate of drug-likeness (QED) is 0.566. The highest BCUT2D eigenvalue weighted by Gasteiger charge is 2.32. The van der Waals surface area contributed by atoms with Crippen LogP contribution in [0.5, 0.6) is 11.5 Å². The summed E-state index contributed by atoms with van der Waals surface area (Å²) in [7, 11) is 0. The minimum absolute atomic E-state index is 0.0695. The monoisotopic (exact) mass is 404 g/mol. The molecule has 2 aliphatic rings. The van der Waals surface area contributed by atoms with Crippen molar-refractivity contribution in [3.8, 4) is 11.5 Å². The lowest BCUT2D eigenvalue weighted by molar-refractivity contribution is -0.117. The minimum Gasteiger partial charge on any atom is -0.487 e. The third kappa shape index (κ3) is 4.43. The fourth-order valence-corrected chi connectivity index (χ4v) is 4.32. The fraction of sp³-hybridized carbons (Fsp3) is 0.440. The van der Waals surface area contributed by atoms with Gasteiger partial charge in [-0.25, -0.2) is 4.85 Å². The second kappa shape index (κ2) is 8.79. The van der Waals surface area contributed by atoms with E-state index in [1.54, 1.807) is 17.0 Å². The summed E-state index contributed by atoms with van der Waals surface area (Å²) in [6, 6.07) is 13.4. The molecule has 1 atom stereocenters. The second-order valence-corrected chi connectivity index (χ2v) is 8.43. The molecule has 1 heterocycles. The summed E-state index contributed by atoms with van der Waals surface area (Å²) in [6.45, 7) is 11.8. The Labute approximate surface area is 178 Å². The number of anilines is 1. The van der Waals surface area contributed by atoms with Crippen LogP contribution in [-0.4, -0.2) is 24.7 Å². The lowest BCUT2D eigenvalue weighted by Crippen LogP contribution is -2.24. The summed E-state index contributed by atoms with van der Waals surface area (Å²) < 4.78 is 12.3.